The Bertz CT molecular complexity index is 1000. The van der Waals surface area contributed by atoms with Gasteiger partial charge in [-0.05, 0) is 32.8 Å². The van der Waals surface area contributed by atoms with Gasteiger partial charge in [0.05, 0.1) is 16.6 Å². The number of rotatable bonds is 5. The Morgan fingerprint density at radius 3 is 2.73 bits per heavy atom. The molecule has 9 nitrogen and oxygen atoms in total. The summed E-state index contributed by atoms with van der Waals surface area (Å²) in [5.41, 5.74) is 1.94. The molecule has 1 fully saturated rings. The molecule has 1 aliphatic rings. The first-order valence-corrected chi connectivity index (χ1v) is 8.18. The standard InChI is InChI=1S/C17H16N4O5/c1-8-5-13(21-25-8)19-14(22)7-24-17(23)11-6-12(10-3-4-10)18-16-15(11)9(2)20-26-16/h5-6,10H,3-4,7H2,1-2H3,(H,19,21,22). The lowest BCUT2D eigenvalue weighted by molar-refractivity contribution is -0.119. The van der Waals surface area contributed by atoms with Crippen molar-refractivity contribution >= 4 is 28.8 Å². The minimum atomic E-state index is -0.628. The monoisotopic (exact) mass is 356 g/mol. The largest absolute Gasteiger partial charge is 0.452 e. The van der Waals surface area contributed by atoms with Gasteiger partial charge in [0, 0.05) is 17.7 Å². The van der Waals surface area contributed by atoms with Crippen LogP contribution in [-0.2, 0) is 9.53 Å². The Hall–Kier alpha value is -3.23. The van der Waals surface area contributed by atoms with Gasteiger partial charge >= 0.3 is 5.97 Å². The number of fused-ring (bicyclic) bond motifs is 1. The van der Waals surface area contributed by atoms with Gasteiger partial charge < -0.3 is 19.1 Å². The van der Waals surface area contributed by atoms with Gasteiger partial charge in [0.15, 0.2) is 12.4 Å². The van der Waals surface area contributed by atoms with E-state index in [1.54, 1.807) is 26.0 Å². The number of aryl methyl sites for hydroxylation is 2. The zero-order chi connectivity index (χ0) is 18.3. The summed E-state index contributed by atoms with van der Waals surface area (Å²) in [7, 11) is 0. The Labute approximate surface area is 147 Å². The number of pyridine rings is 1. The minimum Gasteiger partial charge on any atom is -0.452 e. The maximum absolute atomic E-state index is 12.5. The Balaban J connectivity index is 1.50. The van der Waals surface area contributed by atoms with Gasteiger partial charge in [-0.3, -0.25) is 4.79 Å². The highest BCUT2D eigenvalue weighted by molar-refractivity contribution is 6.04. The topological polar surface area (TPSA) is 120 Å². The molecule has 9 heteroatoms. The molecule has 0 radical (unpaired) electrons. The Morgan fingerprint density at radius 1 is 1.23 bits per heavy atom. The van der Waals surface area contributed by atoms with E-state index < -0.39 is 18.5 Å². The molecule has 3 aromatic heterocycles. The summed E-state index contributed by atoms with van der Waals surface area (Å²) in [4.78, 5) is 28.9. The van der Waals surface area contributed by atoms with Crippen molar-refractivity contribution in [3.63, 3.8) is 0 Å². The van der Waals surface area contributed by atoms with E-state index in [4.69, 9.17) is 13.8 Å². The SMILES string of the molecule is Cc1cc(NC(=O)COC(=O)c2cc(C3CC3)nc3onc(C)c23)no1. The second-order valence-electron chi connectivity index (χ2n) is 6.26. The first kappa shape index (κ1) is 16.2. The third kappa shape index (κ3) is 3.15. The van der Waals surface area contributed by atoms with Crippen molar-refractivity contribution in [2.45, 2.75) is 32.6 Å². The number of anilines is 1. The predicted molar refractivity (Wildman–Crippen MR) is 88.7 cm³/mol. The second-order valence-corrected chi connectivity index (χ2v) is 6.26. The highest BCUT2D eigenvalue weighted by atomic mass is 16.5. The van der Waals surface area contributed by atoms with E-state index in [1.165, 1.54) is 0 Å². The molecular formula is C17H16N4O5. The molecule has 4 rings (SSSR count). The number of carbonyl (C=O) groups is 2. The van der Waals surface area contributed by atoms with E-state index >= 15 is 0 Å². The fourth-order valence-corrected chi connectivity index (χ4v) is 2.68. The molecular weight excluding hydrogens is 340 g/mol. The van der Waals surface area contributed by atoms with Crippen LogP contribution in [0.25, 0.3) is 11.1 Å². The first-order chi connectivity index (χ1) is 12.5. The van der Waals surface area contributed by atoms with Gasteiger partial charge in [0.2, 0.25) is 0 Å². The van der Waals surface area contributed by atoms with Gasteiger partial charge in [-0.15, -0.1) is 0 Å². The third-order valence-electron chi connectivity index (χ3n) is 4.08. The van der Waals surface area contributed by atoms with Crippen LogP contribution in [-0.4, -0.2) is 33.8 Å². The molecule has 0 aliphatic heterocycles. The summed E-state index contributed by atoms with van der Waals surface area (Å²) in [5.74, 6) is 0.0151. The number of hydrogen-bond acceptors (Lipinski definition) is 8. The molecule has 0 bridgehead atoms. The van der Waals surface area contributed by atoms with Crippen LogP contribution in [0.2, 0.25) is 0 Å². The van der Waals surface area contributed by atoms with Crippen molar-refractivity contribution in [2.24, 2.45) is 0 Å². The maximum Gasteiger partial charge on any atom is 0.339 e. The highest BCUT2D eigenvalue weighted by Gasteiger charge is 2.29. The van der Waals surface area contributed by atoms with Crippen molar-refractivity contribution in [1.29, 1.82) is 0 Å². The van der Waals surface area contributed by atoms with Crippen LogP contribution in [0.15, 0.2) is 21.2 Å². The van der Waals surface area contributed by atoms with Crippen molar-refractivity contribution < 1.29 is 23.4 Å². The van der Waals surface area contributed by atoms with Crippen LogP contribution in [0.5, 0.6) is 0 Å². The van der Waals surface area contributed by atoms with Crippen LogP contribution in [0, 0.1) is 13.8 Å². The van der Waals surface area contributed by atoms with Crippen LogP contribution in [0.4, 0.5) is 5.82 Å². The molecule has 0 unspecified atom stereocenters. The average molecular weight is 356 g/mol. The summed E-state index contributed by atoms with van der Waals surface area (Å²) in [5, 5.41) is 10.5. The van der Waals surface area contributed by atoms with Crippen molar-refractivity contribution in [3.8, 4) is 0 Å². The first-order valence-electron chi connectivity index (χ1n) is 8.18. The minimum absolute atomic E-state index is 0.265. The van der Waals surface area contributed by atoms with E-state index in [9.17, 15) is 9.59 Å². The van der Waals surface area contributed by atoms with Gasteiger partial charge in [-0.1, -0.05) is 10.3 Å². The number of esters is 1. The predicted octanol–water partition coefficient (Wildman–Crippen LogP) is 2.50. The van der Waals surface area contributed by atoms with Crippen LogP contribution in [0.3, 0.4) is 0 Å². The summed E-state index contributed by atoms with van der Waals surface area (Å²) in [6.45, 7) is 2.98. The van der Waals surface area contributed by atoms with E-state index in [0.29, 0.717) is 34.0 Å². The number of nitrogens with zero attached hydrogens (tertiary/aromatic N) is 3. The number of amides is 1. The molecule has 134 valence electrons. The zero-order valence-corrected chi connectivity index (χ0v) is 14.2. The third-order valence-corrected chi connectivity index (χ3v) is 4.08. The van der Waals surface area contributed by atoms with Crippen molar-refractivity contribution in [1.82, 2.24) is 15.3 Å². The highest BCUT2D eigenvalue weighted by Crippen LogP contribution is 2.40. The van der Waals surface area contributed by atoms with E-state index in [2.05, 4.69) is 20.6 Å². The van der Waals surface area contributed by atoms with Gasteiger partial charge in [-0.2, -0.15) is 0 Å². The van der Waals surface area contributed by atoms with E-state index in [0.717, 1.165) is 18.5 Å². The number of hydrogen-bond donors (Lipinski definition) is 1. The molecule has 26 heavy (non-hydrogen) atoms. The van der Waals surface area contributed by atoms with Crippen molar-refractivity contribution in [3.05, 3.63) is 34.8 Å². The Morgan fingerprint density at radius 2 is 2.04 bits per heavy atom. The molecule has 3 heterocycles. The van der Waals surface area contributed by atoms with Gasteiger partial charge in [0.25, 0.3) is 11.6 Å². The lowest BCUT2D eigenvalue weighted by atomic mass is 10.1. The number of ether oxygens (including phenoxy) is 1. The zero-order valence-electron chi connectivity index (χ0n) is 14.2. The van der Waals surface area contributed by atoms with Crippen molar-refractivity contribution in [2.75, 3.05) is 11.9 Å². The molecule has 0 saturated heterocycles. The summed E-state index contributed by atoms with van der Waals surface area (Å²) in [6.07, 6.45) is 2.05. The lowest BCUT2D eigenvalue weighted by Gasteiger charge is -2.07. The maximum atomic E-state index is 12.5. The van der Waals surface area contributed by atoms with Gasteiger partial charge in [-0.25, -0.2) is 9.78 Å². The molecule has 0 aromatic carbocycles. The second kappa shape index (κ2) is 6.25. The number of aromatic nitrogens is 3. The summed E-state index contributed by atoms with van der Waals surface area (Å²) in [6, 6.07) is 3.26. The molecule has 1 saturated carbocycles. The quantitative estimate of drug-likeness (QED) is 0.692. The average Bonchev–Trinajstić information content (AvgIpc) is 3.30. The van der Waals surface area contributed by atoms with Crippen LogP contribution < -0.4 is 5.32 Å². The fourth-order valence-electron chi connectivity index (χ4n) is 2.68. The fraction of sp³-hybridized carbons (Fsp3) is 0.353. The Kier molecular flexibility index (Phi) is 3.90. The molecule has 1 amide bonds. The summed E-state index contributed by atoms with van der Waals surface area (Å²) >= 11 is 0. The lowest BCUT2D eigenvalue weighted by Crippen LogP contribution is -2.21. The summed E-state index contributed by atoms with van der Waals surface area (Å²) < 4.78 is 15.2. The molecule has 1 N–H and O–H groups in total. The van der Waals surface area contributed by atoms with Crippen LogP contribution in [0.1, 0.15) is 46.3 Å². The molecule has 3 aromatic rings. The molecule has 0 atom stereocenters. The normalized spacial score (nSPS) is 13.8. The molecule has 0 spiro atoms. The number of nitrogens with one attached hydrogen (secondary N) is 1. The smallest absolute Gasteiger partial charge is 0.339 e. The van der Waals surface area contributed by atoms with E-state index in [-0.39, 0.29) is 5.82 Å². The number of carbonyl (C=O) groups excluding carboxylic acids is 2. The molecule has 1 aliphatic carbocycles. The van der Waals surface area contributed by atoms with Crippen LogP contribution >= 0.6 is 0 Å². The van der Waals surface area contributed by atoms with Gasteiger partial charge in [0.1, 0.15) is 5.76 Å². The van der Waals surface area contributed by atoms with E-state index in [1.807, 2.05) is 0 Å².